The zero-order chi connectivity index (χ0) is 20.3. The number of aryl methyl sites for hydroxylation is 1. The molecule has 0 aliphatic heterocycles. The fourth-order valence-corrected chi connectivity index (χ4v) is 4.17. The van der Waals surface area contributed by atoms with Crippen molar-refractivity contribution in [3.05, 3.63) is 56.8 Å². The Morgan fingerprint density at radius 2 is 2.00 bits per heavy atom. The van der Waals surface area contributed by atoms with Crippen molar-refractivity contribution < 1.29 is 14.3 Å². The summed E-state index contributed by atoms with van der Waals surface area (Å²) in [6, 6.07) is 7.12. The van der Waals surface area contributed by atoms with Gasteiger partial charge in [0, 0.05) is 4.88 Å². The molecule has 8 heteroatoms. The molecule has 1 amide bonds. The number of ether oxygens (including phenoxy) is 1. The lowest BCUT2D eigenvalue weighted by Crippen LogP contribution is -2.28. The van der Waals surface area contributed by atoms with Crippen LogP contribution in [-0.4, -0.2) is 28.0 Å². The van der Waals surface area contributed by atoms with E-state index in [0.717, 1.165) is 16.9 Å². The average molecular weight is 399 g/mol. The number of nitrogens with zero attached hydrogens (tertiary/aromatic N) is 2. The minimum Gasteiger partial charge on any atom is -0.462 e. The molecule has 0 fully saturated rings. The normalized spacial score (nSPS) is 10.8. The number of amides is 1. The van der Waals surface area contributed by atoms with Crippen LogP contribution < -0.4 is 10.9 Å². The van der Waals surface area contributed by atoms with Gasteiger partial charge >= 0.3 is 5.97 Å². The third-order valence-electron chi connectivity index (χ3n) is 4.35. The van der Waals surface area contributed by atoms with Crippen molar-refractivity contribution in [2.75, 3.05) is 11.9 Å². The number of para-hydroxylation sites is 2. The molecule has 0 saturated carbocycles. The predicted octanol–water partition coefficient (Wildman–Crippen LogP) is 3.14. The van der Waals surface area contributed by atoms with Gasteiger partial charge in [-0.2, -0.15) is 0 Å². The fourth-order valence-electron chi connectivity index (χ4n) is 3.02. The van der Waals surface area contributed by atoms with Gasteiger partial charge in [-0.05, 0) is 38.0 Å². The minimum absolute atomic E-state index is 0.178. The van der Waals surface area contributed by atoms with E-state index in [-0.39, 0.29) is 18.7 Å². The molecule has 0 bridgehead atoms. The summed E-state index contributed by atoms with van der Waals surface area (Å²) in [5.41, 5.74) is 2.03. The number of esters is 1. The molecule has 0 radical (unpaired) electrons. The Bertz CT molecular complexity index is 1100. The summed E-state index contributed by atoms with van der Waals surface area (Å²) in [7, 11) is 0. The molecule has 146 valence electrons. The van der Waals surface area contributed by atoms with Crippen LogP contribution in [-0.2, 0) is 22.5 Å². The highest BCUT2D eigenvalue weighted by molar-refractivity contribution is 7.17. The highest BCUT2D eigenvalue weighted by atomic mass is 32.1. The van der Waals surface area contributed by atoms with Crippen LogP contribution in [0.25, 0.3) is 11.0 Å². The molecule has 1 N–H and O–H groups in total. The van der Waals surface area contributed by atoms with Gasteiger partial charge in [0.1, 0.15) is 11.5 Å². The maximum atomic E-state index is 12.7. The highest BCUT2D eigenvalue weighted by Gasteiger charge is 2.23. The minimum atomic E-state index is -0.460. The standard InChI is InChI=1S/C20H21N3O4S/c1-4-15-12(3)18(20(26)27-5-2)19(28-15)22-16(24)11-23-14-9-7-6-8-13(14)21-10-17(23)25/h6-10H,4-5,11H2,1-3H3,(H,22,24). The van der Waals surface area contributed by atoms with E-state index in [0.29, 0.717) is 21.6 Å². The molecule has 0 aliphatic rings. The Hall–Kier alpha value is -3.00. The van der Waals surface area contributed by atoms with Crippen molar-refractivity contribution in [3.8, 4) is 0 Å². The van der Waals surface area contributed by atoms with Crippen molar-refractivity contribution in [2.24, 2.45) is 0 Å². The van der Waals surface area contributed by atoms with Gasteiger partial charge in [-0.3, -0.25) is 14.2 Å². The predicted molar refractivity (Wildman–Crippen MR) is 109 cm³/mol. The number of hydrogen-bond acceptors (Lipinski definition) is 6. The van der Waals surface area contributed by atoms with E-state index in [1.807, 2.05) is 19.9 Å². The van der Waals surface area contributed by atoms with Crippen molar-refractivity contribution in [1.82, 2.24) is 9.55 Å². The molecular formula is C20H21N3O4S. The van der Waals surface area contributed by atoms with Gasteiger partial charge in [0.25, 0.3) is 5.56 Å². The number of thiophene rings is 1. The molecule has 28 heavy (non-hydrogen) atoms. The lowest BCUT2D eigenvalue weighted by Gasteiger charge is -2.10. The number of rotatable bonds is 6. The third kappa shape index (κ3) is 3.82. The van der Waals surface area contributed by atoms with Crippen LogP contribution in [0.15, 0.2) is 35.3 Å². The zero-order valence-corrected chi connectivity index (χ0v) is 16.8. The summed E-state index contributed by atoms with van der Waals surface area (Å²) in [5.74, 6) is -0.856. The molecule has 0 saturated heterocycles. The van der Waals surface area contributed by atoms with Gasteiger partial charge in [-0.25, -0.2) is 9.78 Å². The SMILES string of the molecule is CCOC(=O)c1c(NC(=O)Cn2c(=O)cnc3ccccc32)sc(CC)c1C. The second-order valence-electron chi connectivity index (χ2n) is 6.15. The molecule has 0 atom stereocenters. The quantitative estimate of drug-likeness (QED) is 0.643. The number of benzene rings is 1. The Labute approximate surface area is 166 Å². The van der Waals surface area contributed by atoms with E-state index in [9.17, 15) is 14.4 Å². The number of aromatic nitrogens is 2. The van der Waals surface area contributed by atoms with Gasteiger partial charge in [0.15, 0.2) is 0 Å². The number of fused-ring (bicyclic) bond motifs is 1. The molecule has 0 spiro atoms. The maximum absolute atomic E-state index is 12.7. The molecule has 2 heterocycles. The first-order chi connectivity index (χ1) is 13.5. The van der Waals surface area contributed by atoms with Crippen molar-refractivity contribution in [2.45, 2.75) is 33.7 Å². The molecule has 0 aliphatic carbocycles. The molecule has 1 aromatic carbocycles. The van der Waals surface area contributed by atoms with Crippen molar-refractivity contribution in [1.29, 1.82) is 0 Å². The van der Waals surface area contributed by atoms with Gasteiger partial charge in [0.2, 0.25) is 5.91 Å². The number of hydrogen-bond donors (Lipinski definition) is 1. The van der Waals surface area contributed by atoms with E-state index in [1.54, 1.807) is 25.1 Å². The van der Waals surface area contributed by atoms with Gasteiger partial charge < -0.3 is 10.1 Å². The van der Waals surface area contributed by atoms with E-state index in [4.69, 9.17) is 4.74 Å². The van der Waals surface area contributed by atoms with Crippen LogP contribution in [0.3, 0.4) is 0 Å². The van der Waals surface area contributed by atoms with Crippen LogP contribution in [0, 0.1) is 6.92 Å². The van der Waals surface area contributed by atoms with Gasteiger partial charge in [-0.1, -0.05) is 19.1 Å². The molecule has 0 unspecified atom stereocenters. The summed E-state index contributed by atoms with van der Waals surface area (Å²) in [4.78, 5) is 42.4. The Morgan fingerprint density at radius 1 is 1.25 bits per heavy atom. The molecule has 3 aromatic rings. The van der Waals surface area contributed by atoms with E-state index < -0.39 is 11.9 Å². The summed E-state index contributed by atoms with van der Waals surface area (Å²) >= 11 is 1.35. The second-order valence-corrected chi connectivity index (χ2v) is 7.25. The Morgan fingerprint density at radius 3 is 2.71 bits per heavy atom. The summed E-state index contributed by atoms with van der Waals surface area (Å²) in [5, 5.41) is 3.23. The first kappa shape index (κ1) is 19.8. The number of nitrogens with one attached hydrogen (secondary N) is 1. The number of carbonyl (C=O) groups excluding carboxylic acids is 2. The smallest absolute Gasteiger partial charge is 0.341 e. The van der Waals surface area contributed by atoms with Crippen LogP contribution in [0.1, 0.15) is 34.6 Å². The average Bonchev–Trinajstić information content (AvgIpc) is 2.99. The fraction of sp³-hybridized carbons (Fsp3) is 0.300. The maximum Gasteiger partial charge on any atom is 0.341 e. The summed E-state index contributed by atoms with van der Waals surface area (Å²) in [6.45, 7) is 5.64. The topological polar surface area (TPSA) is 90.3 Å². The lowest BCUT2D eigenvalue weighted by atomic mass is 10.1. The first-order valence-corrected chi connectivity index (χ1v) is 9.81. The van der Waals surface area contributed by atoms with Crippen LogP contribution in [0.5, 0.6) is 0 Å². The second kappa shape index (κ2) is 8.35. The summed E-state index contributed by atoms with van der Waals surface area (Å²) < 4.78 is 6.50. The third-order valence-corrected chi connectivity index (χ3v) is 5.71. The van der Waals surface area contributed by atoms with Crippen LogP contribution in [0.4, 0.5) is 5.00 Å². The highest BCUT2D eigenvalue weighted by Crippen LogP contribution is 2.34. The molecule has 3 rings (SSSR count). The van der Waals surface area contributed by atoms with E-state index in [1.165, 1.54) is 22.1 Å². The largest absolute Gasteiger partial charge is 0.462 e. The zero-order valence-electron chi connectivity index (χ0n) is 15.9. The molecule has 2 aromatic heterocycles. The molecular weight excluding hydrogens is 378 g/mol. The summed E-state index contributed by atoms with van der Waals surface area (Å²) in [6.07, 6.45) is 1.94. The monoisotopic (exact) mass is 399 g/mol. The van der Waals surface area contributed by atoms with E-state index >= 15 is 0 Å². The van der Waals surface area contributed by atoms with E-state index in [2.05, 4.69) is 10.3 Å². The Kier molecular flexibility index (Phi) is 5.89. The Balaban J connectivity index is 1.92. The van der Waals surface area contributed by atoms with Gasteiger partial charge in [0.05, 0.1) is 29.4 Å². The number of carbonyl (C=O) groups is 2. The van der Waals surface area contributed by atoms with Crippen molar-refractivity contribution in [3.63, 3.8) is 0 Å². The molecule has 7 nitrogen and oxygen atoms in total. The van der Waals surface area contributed by atoms with Crippen LogP contribution in [0.2, 0.25) is 0 Å². The van der Waals surface area contributed by atoms with Crippen molar-refractivity contribution >= 4 is 39.2 Å². The number of anilines is 1. The lowest BCUT2D eigenvalue weighted by molar-refractivity contribution is -0.116. The van der Waals surface area contributed by atoms with Gasteiger partial charge in [-0.15, -0.1) is 11.3 Å². The first-order valence-electron chi connectivity index (χ1n) is 9.00. The van der Waals surface area contributed by atoms with Crippen LogP contribution >= 0.6 is 11.3 Å².